The highest BCUT2D eigenvalue weighted by atomic mass is 32.2. The van der Waals surface area contributed by atoms with Crippen LogP contribution in [0, 0.1) is 0 Å². The van der Waals surface area contributed by atoms with E-state index >= 15 is 0 Å². The molecule has 0 bridgehead atoms. The molecule has 2 aromatic rings. The van der Waals surface area contributed by atoms with E-state index in [2.05, 4.69) is 10.3 Å². The van der Waals surface area contributed by atoms with E-state index in [4.69, 9.17) is 9.47 Å². The first-order valence-corrected chi connectivity index (χ1v) is 8.21. The zero-order chi connectivity index (χ0) is 14.9. The van der Waals surface area contributed by atoms with Crippen LogP contribution in [0.2, 0.25) is 0 Å². The summed E-state index contributed by atoms with van der Waals surface area (Å²) in [6, 6.07) is 8.71. The molecule has 0 aliphatic carbocycles. The van der Waals surface area contributed by atoms with E-state index in [0.29, 0.717) is 23.9 Å². The van der Waals surface area contributed by atoms with Crippen molar-refractivity contribution in [2.45, 2.75) is 11.4 Å². The number of anilines is 1. The van der Waals surface area contributed by atoms with Crippen LogP contribution in [0.5, 0.6) is 11.5 Å². The van der Waals surface area contributed by atoms with E-state index in [-0.39, 0.29) is 11.7 Å². The second-order valence-electron chi connectivity index (χ2n) is 4.66. The van der Waals surface area contributed by atoms with Crippen molar-refractivity contribution in [2.75, 3.05) is 18.4 Å². The number of nitrogens with zero attached hydrogens (tertiary/aromatic N) is 1. The van der Waals surface area contributed by atoms with Crippen LogP contribution < -0.4 is 14.8 Å². The van der Waals surface area contributed by atoms with Crippen molar-refractivity contribution in [1.29, 1.82) is 0 Å². The molecule has 0 saturated carbocycles. The summed E-state index contributed by atoms with van der Waals surface area (Å²) >= 11 is 0. The number of pyridine rings is 1. The first kappa shape index (κ1) is 13.7. The summed E-state index contributed by atoms with van der Waals surface area (Å²) in [5.74, 6) is 1.75. The van der Waals surface area contributed by atoms with E-state index in [1.807, 2.05) is 18.2 Å². The molecule has 1 aromatic carbocycles. The molecule has 1 aromatic heterocycles. The van der Waals surface area contributed by atoms with Crippen LogP contribution in [0.1, 0.15) is 5.56 Å². The summed E-state index contributed by atoms with van der Waals surface area (Å²) < 4.78 is 34.0. The first-order chi connectivity index (χ1) is 10.0. The van der Waals surface area contributed by atoms with Gasteiger partial charge < -0.3 is 14.8 Å². The number of fused-ring (bicyclic) bond motifs is 1. The van der Waals surface area contributed by atoms with E-state index in [1.54, 1.807) is 12.3 Å². The normalized spacial score (nSPS) is 13.2. The average Bonchev–Trinajstić information content (AvgIpc) is 2.92. The minimum atomic E-state index is -3.32. The fraction of sp³-hybridized carbons (Fsp3) is 0.214. The molecular weight excluding hydrogens is 292 g/mol. The van der Waals surface area contributed by atoms with Crippen LogP contribution in [-0.4, -0.2) is 26.5 Å². The van der Waals surface area contributed by atoms with Crippen molar-refractivity contribution in [3.63, 3.8) is 0 Å². The maximum Gasteiger partial charge on any atom is 0.231 e. The van der Waals surface area contributed by atoms with Gasteiger partial charge in [-0.15, -0.1) is 0 Å². The van der Waals surface area contributed by atoms with Gasteiger partial charge in [0.2, 0.25) is 6.79 Å². The third-order valence-corrected chi connectivity index (χ3v) is 4.20. The van der Waals surface area contributed by atoms with Crippen LogP contribution >= 0.6 is 0 Å². The molecule has 2 heterocycles. The molecule has 1 N–H and O–H groups in total. The standard InChI is InChI=1S/C14H14N2O4S/c1-21(17,18)13-3-2-6-15-14(13)16-8-10-4-5-11-12(7-10)20-9-19-11/h2-7H,8-9H2,1H3,(H,15,16). The van der Waals surface area contributed by atoms with E-state index < -0.39 is 9.84 Å². The van der Waals surface area contributed by atoms with Crippen molar-refractivity contribution >= 4 is 15.7 Å². The van der Waals surface area contributed by atoms with Crippen LogP contribution in [0.15, 0.2) is 41.4 Å². The van der Waals surface area contributed by atoms with Crippen molar-refractivity contribution in [2.24, 2.45) is 0 Å². The van der Waals surface area contributed by atoms with Gasteiger partial charge in [-0.25, -0.2) is 13.4 Å². The monoisotopic (exact) mass is 306 g/mol. The number of benzene rings is 1. The lowest BCUT2D eigenvalue weighted by molar-refractivity contribution is 0.174. The topological polar surface area (TPSA) is 77.5 Å². The first-order valence-electron chi connectivity index (χ1n) is 6.31. The Morgan fingerprint density at radius 1 is 1.24 bits per heavy atom. The summed E-state index contributed by atoms with van der Waals surface area (Å²) in [5.41, 5.74) is 0.948. The predicted octanol–water partition coefficient (Wildman–Crippen LogP) is 1.83. The van der Waals surface area contributed by atoms with E-state index in [1.165, 1.54) is 6.07 Å². The zero-order valence-corrected chi connectivity index (χ0v) is 12.2. The molecule has 0 saturated heterocycles. The molecule has 0 amide bonds. The molecule has 110 valence electrons. The highest BCUT2D eigenvalue weighted by Gasteiger charge is 2.15. The average molecular weight is 306 g/mol. The molecule has 0 unspecified atom stereocenters. The summed E-state index contributed by atoms with van der Waals surface area (Å²) in [7, 11) is -3.32. The lowest BCUT2D eigenvalue weighted by Crippen LogP contribution is -2.07. The Bertz CT molecular complexity index is 774. The minimum absolute atomic E-state index is 0.186. The second-order valence-corrected chi connectivity index (χ2v) is 6.65. The Morgan fingerprint density at radius 2 is 2.05 bits per heavy atom. The Balaban J connectivity index is 1.80. The Morgan fingerprint density at radius 3 is 2.86 bits per heavy atom. The number of hydrogen-bond acceptors (Lipinski definition) is 6. The molecule has 21 heavy (non-hydrogen) atoms. The van der Waals surface area contributed by atoms with Crippen LogP contribution in [-0.2, 0) is 16.4 Å². The van der Waals surface area contributed by atoms with Gasteiger partial charge >= 0.3 is 0 Å². The summed E-state index contributed by atoms with van der Waals surface area (Å²) in [6.07, 6.45) is 2.71. The third kappa shape index (κ3) is 2.92. The molecule has 7 heteroatoms. The largest absolute Gasteiger partial charge is 0.454 e. The molecule has 3 rings (SSSR count). The van der Waals surface area contributed by atoms with Crippen LogP contribution in [0.25, 0.3) is 0 Å². The number of nitrogens with one attached hydrogen (secondary N) is 1. The molecule has 0 atom stereocenters. The fourth-order valence-electron chi connectivity index (χ4n) is 2.06. The quantitative estimate of drug-likeness (QED) is 0.928. The number of sulfone groups is 1. The maximum atomic E-state index is 11.7. The lowest BCUT2D eigenvalue weighted by atomic mass is 10.2. The minimum Gasteiger partial charge on any atom is -0.454 e. The Labute approximate surface area is 122 Å². The molecule has 0 fully saturated rings. The number of ether oxygens (including phenoxy) is 2. The highest BCUT2D eigenvalue weighted by molar-refractivity contribution is 7.90. The lowest BCUT2D eigenvalue weighted by Gasteiger charge is -2.10. The second kappa shape index (κ2) is 5.25. The Kier molecular flexibility index (Phi) is 3.42. The number of aromatic nitrogens is 1. The molecule has 6 nitrogen and oxygen atoms in total. The number of rotatable bonds is 4. The summed E-state index contributed by atoms with van der Waals surface area (Å²) in [4.78, 5) is 4.27. The molecule has 1 aliphatic heterocycles. The molecule has 1 aliphatic rings. The van der Waals surface area contributed by atoms with Gasteiger partial charge in [-0.2, -0.15) is 0 Å². The van der Waals surface area contributed by atoms with Gasteiger partial charge in [-0.3, -0.25) is 0 Å². The maximum absolute atomic E-state index is 11.7. The molecule has 0 spiro atoms. The summed E-state index contributed by atoms with van der Waals surface area (Å²) in [6.45, 7) is 0.668. The van der Waals surface area contributed by atoms with E-state index in [9.17, 15) is 8.42 Å². The van der Waals surface area contributed by atoms with Gasteiger partial charge in [0.05, 0.1) is 0 Å². The van der Waals surface area contributed by atoms with Gasteiger partial charge in [-0.05, 0) is 29.8 Å². The predicted molar refractivity (Wildman–Crippen MR) is 77.2 cm³/mol. The van der Waals surface area contributed by atoms with Crippen molar-refractivity contribution in [3.8, 4) is 11.5 Å². The van der Waals surface area contributed by atoms with Crippen LogP contribution in [0.3, 0.4) is 0 Å². The molecular formula is C14H14N2O4S. The number of hydrogen-bond donors (Lipinski definition) is 1. The van der Waals surface area contributed by atoms with Gasteiger partial charge in [0.1, 0.15) is 10.7 Å². The highest BCUT2D eigenvalue weighted by Crippen LogP contribution is 2.32. The van der Waals surface area contributed by atoms with Crippen molar-refractivity contribution in [3.05, 3.63) is 42.1 Å². The van der Waals surface area contributed by atoms with Gasteiger partial charge in [0.15, 0.2) is 21.3 Å². The Hall–Kier alpha value is -2.28. The van der Waals surface area contributed by atoms with Crippen molar-refractivity contribution in [1.82, 2.24) is 4.98 Å². The zero-order valence-electron chi connectivity index (χ0n) is 11.4. The van der Waals surface area contributed by atoms with Crippen LogP contribution in [0.4, 0.5) is 5.82 Å². The smallest absolute Gasteiger partial charge is 0.231 e. The summed E-state index contributed by atoms with van der Waals surface area (Å²) in [5, 5.41) is 3.04. The SMILES string of the molecule is CS(=O)(=O)c1cccnc1NCc1ccc2c(c1)OCO2. The van der Waals surface area contributed by atoms with Gasteiger partial charge in [0, 0.05) is 19.0 Å². The molecule has 0 radical (unpaired) electrons. The van der Waals surface area contributed by atoms with E-state index in [0.717, 1.165) is 11.8 Å². The third-order valence-electron chi connectivity index (χ3n) is 3.07. The fourth-order valence-corrected chi connectivity index (χ4v) is 2.86. The van der Waals surface area contributed by atoms with Gasteiger partial charge in [-0.1, -0.05) is 6.07 Å². The van der Waals surface area contributed by atoms with Gasteiger partial charge in [0.25, 0.3) is 0 Å². The van der Waals surface area contributed by atoms with Crippen molar-refractivity contribution < 1.29 is 17.9 Å².